The van der Waals surface area contributed by atoms with Crippen molar-refractivity contribution in [1.82, 2.24) is 14.8 Å². The van der Waals surface area contributed by atoms with Crippen LogP contribution in [0.3, 0.4) is 0 Å². The summed E-state index contributed by atoms with van der Waals surface area (Å²) in [6, 6.07) is 11.9. The van der Waals surface area contributed by atoms with Crippen molar-refractivity contribution in [3.63, 3.8) is 0 Å². The van der Waals surface area contributed by atoms with E-state index in [0.29, 0.717) is 16.4 Å². The summed E-state index contributed by atoms with van der Waals surface area (Å²) in [6.07, 6.45) is 0. The molecule has 0 aliphatic carbocycles. The van der Waals surface area contributed by atoms with Gasteiger partial charge in [0.15, 0.2) is 5.16 Å². The molecule has 0 unspecified atom stereocenters. The molecule has 1 heterocycles. The van der Waals surface area contributed by atoms with E-state index in [0.717, 1.165) is 22.1 Å². The first-order valence-electron chi connectivity index (χ1n) is 7.89. The van der Waals surface area contributed by atoms with Crippen LogP contribution in [0.1, 0.15) is 19.4 Å². The second kappa shape index (κ2) is 7.28. The standard InChI is InChI=1S/C18H18BrN3O3S/c1-18(2,15(23)24)26-17-21-20-16(19)22(17)10-11-8-9-14(25-3)13-7-5-4-6-12(11)13/h4-9H,10H2,1-3H3,(H,23,24). The van der Waals surface area contributed by atoms with Crippen molar-refractivity contribution < 1.29 is 14.6 Å². The molecule has 0 atom stereocenters. The van der Waals surface area contributed by atoms with Gasteiger partial charge in [-0.25, -0.2) is 0 Å². The number of hydrogen-bond acceptors (Lipinski definition) is 5. The van der Waals surface area contributed by atoms with Crippen LogP contribution in [0.2, 0.25) is 0 Å². The molecule has 1 aromatic heterocycles. The highest BCUT2D eigenvalue weighted by atomic mass is 79.9. The Morgan fingerprint density at radius 3 is 2.58 bits per heavy atom. The third kappa shape index (κ3) is 3.57. The van der Waals surface area contributed by atoms with Crippen molar-refractivity contribution in [2.75, 3.05) is 7.11 Å². The van der Waals surface area contributed by atoms with Crippen LogP contribution in [-0.2, 0) is 11.3 Å². The number of carboxylic acids is 1. The topological polar surface area (TPSA) is 77.2 Å². The molecule has 26 heavy (non-hydrogen) atoms. The van der Waals surface area contributed by atoms with E-state index in [4.69, 9.17) is 4.74 Å². The highest BCUT2D eigenvalue weighted by Crippen LogP contribution is 2.34. The normalized spacial score (nSPS) is 11.7. The van der Waals surface area contributed by atoms with Crippen LogP contribution in [0.15, 0.2) is 46.3 Å². The molecule has 136 valence electrons. The monoisotopic (exact) mass is 435 g/mol. The molecule has 8 heteroatoms. The van der Waals surface area contributed by atoms with Gasteiger partial charge >= 0.3 is 5.97 Å². The maximum Gasteiger partial charge on any atom is 0.319 e. The fourth-order valence-corrected chi connectivity index (χ4v) is 3.95. The SMILES string of the molecule is COc1ccc(Cn2c(Br)nnc2SC(C)(C)C(=O)O)c2ccccc12. The predicted molar refractivity (Wildman–Crippen MR) is 105 cm³/mol. The highest BCUT2D eigenvalue weighted by molar-refractivity contribution is 9.10. The summed E-state index contributed by atoms with van der Waals surface area (Å²) in [6.45, 7) is 3.81. The molecule has 0 radical (unpaired) electrons. The second-order valence-electron chi connectivity index (χ2n) is 6.23. The molecular formula is C18H18BrN3O3S. The first-order valence-corrected chi connectivity index (χ1v) is 9.50. The molecule has 0 saturated carbocycles. The quantitative estimate of drug-likeness (QED) is 0.584. The zero-order valence-electron chi connectivity index (χ0n) is 14.6. The van der Waals surface area contributed by atoms with Gasteiger partial charge in [-0.1, -0.05) is 42.1 Å². The summed E-state index contributed by atoms with van der Waals surface area (Å²) in [5.74, 6) is -0.0862. The van der Waals surface area contributed by atoms with Gasteiger partial charge in [0.1, 0.15) is 10.5 Å². The average molecular weight is 436 g/mol. The lowest BCUT2D eigenvalue weighted by Gasteiger charge is -2.18. The third-order valence-corrected chi connectivity index (χ3v) is 5.81. The highest BCUT2D eigenvalue weighted by Gasteiger charge is 2.31. The lowest BCUT2D eigenvalue weighted by Crippen LogP contribution is -2.27. The Morgan fingerprint density at radius 2 is 1.92 bits per heavy atom. The maximum absolute atomic E-state index is 11.4. The van der Waals surface area contributed by atoms with Crippen LogP contribution >= 0.6 is 27.7 Å². The molecule has 2 aromatic carbocycles. The molecule has 1 N–H and O–H groups in total. The van der Waals surface area contributed by atoms with E-state index in [1.165, 1.54) is 11.8 Å². The van der Waals surface area contributed by atoms with Gasteiger partial charge in [-0.05, 0) is 46.8 Å². The summed E-state index contributed by atoms with van der Waals surface area (Å²) >= 11 is 4.58. The second-order valence-corrected chi connectivity index (χ2v) is 8.53. The third-order valence-electron chi connectivity index (χ3n) is 4.06. The summed E-state index contributed by atoms with van der Waals surface area (Å²) in [7, 11) is 1.65. The number of aliphatic carboxylic acids is 1. The van der Waals surface area contributed by atoms with Crippen molar-refractivity contribution in [2.24, 2.45) is 0 Å². The molecular weight excluding hydrogens is 418 g/mol. The minimum Gasteiger partial charge on any atom is -0.496 e. The van der Waals surface area contributed by atoms with Gasteiger partial charge in [0, 0.05) is 5.39 Å². The van der Waals surface area contributed by atoms with Crippen molar-refractivity contribution in [2.45, 2.75) is 30.3 Å². The fourth-order valence-electron chi connectivity index (χ4n) is 2.57. The van der Waals surface area contributed by atoms with Crippen LogP contribution in [0.25, 0.3) is 10.8 Å². The van der Waals surface area contributed by atoms with E-state index in [2.05, 4.69) is 26.1 Å². The van der Waals surface area contributed by atoms with Crippen LogP contribution in [-0.4, -0.2) is 37.7 Å². The zero-order chi connectivity index (χ0) is 18.9. The van der Waals surface area contributed by atoms with Gasteiger partial charge < -0.3 is 9.84 Å². The van der Waals surface area contributed by atoms with Crippen molar-refractivity contribution in [3.8, 4) is 5.75 Å². The lowest BCUT2D eigenvalue weighted by molar-refractivity contribution is -0.138. The van der Waals surface area contributed by atoms with Crippen molar-refractivity contribution in [1.29, 1.82) is 0 Å². The predicted octanol–water partition coefficient (Wildman–Crippen LogP) is 4.21. The average Bonchev–Trinajstić information content (AvgIpc) is 2.94. The molecule has 0 saturated heterocycles. The number of benzene rings is 2. The number of thioether (sulfide) groups is 1. The van der Waals surface area contributed by atoms with Crippen molar-refractivity contribution >= 4 is 44.4 Å². The molecule has 0 aliphatic heterocycles. The van der Waals surface area contributed by atoms with E-state index < -0.39 is 10.7 Å². The lowest BCUT2D eigenvalue weighted by atomic mass is 10.0. The number of carboxylic acid groups (broad SMARTS) is 1. The van der Waals surface area contributed by atoms with Crippen LogP contribution in [0, 0.1) is 0 Å². The molecule has 0 bridgehead atoms. The Hall–Kier alpha value is -2.06. The number of halogens is 1. The van der Waals surface area contributed by atoms with Crippen LogP contribution in [0.4, 0.5) is 0 Å². The molecule has 0 amide bonds. The number of hydrogen-bond donors (Lipinski definition) is 1. The fraction of sp³-hybridized carbons (Fsp3) is 0.278. The number of nitrogens with zero attached hydrogens (tertiary/aromatic N) is 3. The smallest absolute Gasteiger partial charge is 0.319 e. The van der Waals surface area contributed by atoms with E-state index in [1.807, 2.05) is 41.0 Å². The molecule has 3 aromatic rings. The number of fused-ring (bicyclic) bond motifs is 1. The number of ether oxygens (including phenoxy) is 1. The van der Waals surface area contributed by atoms with Crippen LogP contribution < -0.4 is 4.74 Å². The summed E-state index contributed by atoms with van der Waals surface area (Å²) < 4.78 is 6.86. The Morgan fingerprint density at radius 1 is 1.23 bits per heavy atom. The van der Waals surface area contributed by atoms with E-state index >= 15 is 0 Å². The summed E-state index contributed by atoms with van der Waals surface area (Å²) in [5.41, 5.74) is 1.07. The first-order chi connectivity index (χ1) is 12.3. The Bertz CT molecular complexity index is 971. The minimum atomic E-state index is -1.01. The number of aromatic nitrogens is 3. The van der Waals surface area contributed by atoms with Crippen molar-refractivity contribution in [3.05, 3.63) is 46.7 Å². The molecule has 0 aliphatic rings. The minimum absolute atomic E-state index is 0.510. The molecule has 0 fully saturated rings. The van der Waals surface area contributed by atoms with Crippen LogP contribution in [0.5, 0.6) is 5.75 Å². The zero-order valence-corrected chi connectivity index (χ0v) is 17.0. The van der Waals surface area contributed by atoms with E-state index in [9.17, 15) is 9.90 Å². The number of methoxy groups -OCH3 is 1. The van der Waals surface area contributed by atoms with Gasteiger partial charge in [-0.15, -0.1) is 10.2 Å². The largest absolute Gasteiger partial charge is 0.496 e. The summed E-state index contributed by atoms with van der Waals surface area (Å²) in [4.78, 5) is 11.4. The molecule has 6 nitrogen and oxygen atoms in total. The maximum atomic E-state index is 11.4. The van der Waals surface area contributed by atoms with Gasteiger partial charge in [-0.2, -0.15) is 0 Å². The summed E-state index contributed by atoms with van der Waals surface area (Å²) in [5, 5.41) is 20.2. The Labute approximate surface area is 163 Å². The Balaban J connectivity index is 2.02. The number of carbonyl (C=O) groups is 1. The van der Waals surface area contributed by atoms with Gasteiger partial charge in [0.25, 0.3) is 0 Å². The van der Waals surface area contributed by atoms with E-state index in [-0.39, 0.29) is 0 Å². The van der Waals surface area contributed by atoms with Gasteiger partial charge in [-0.3, -0.25) is 9.36 Å². The molecule has 0 spiro atoms. The Kier molecular flexibility index (Phi) is 5.24. The number of rotatable bonds is 6. The van der Waals surface area contributed by atoms with Gasteiger partial charge in [0.05, 0.1) is 13.7 Å². The van der Waals surface area contributed by atoms with Gasteiger partial charge in [0.2, 0.25) is 4.73 Å². The first kappa shape index (κ1) is 18.7. The van der Waals surface area contributed by atoms with E-state index in [1.54, 1.807) is 21.0 Å². The molecule has 3 rings (SSSR count).